The second-order valence-corrected chi connectivity index (χ2v) is 5.13. The van der Waals surface area contributed by atoms with E-state index >= 15 is 0 Å². The summed E-state index contributed by atoms with van der Waals surface area (Å²) in [6.07, 6.45) is 3.06. The molecule has 0 unspecified atom stereocenters. The van der Waals surface area contributed by atoms with Crippen LogP contribution in [0, 0.1) is 6.92 Å². The zero-order valence-electron chi connectivity index (χ0n) is 9.18. The van der Waals surface area contributed by atoms with Gasteiger partial charge in [-0.1, -0.05) is 11.6 Å². The first-order valence-electron chi connectivity index (χ1n) is 5.45. The maximum absolute atomic E-state index is 6.25. The fraction of sp³-hybridized carbons (Fsp3) is 0.500. The van der Waals surface area contributed by atoms with Crippen molar-refractivity contribution in [3.8, 4) is 11.5 Å². The first kappa shape index (κ1) is 10.2. The van der Waals surface area contributed by atoms with Crippen molar-refractivity contribution >= 4 is 11.6 Å². The minimum atomic E-state index is -0.0121. The van der Waals surface area contributed by atoms with E-state index in [-0.39, 0.29) is 12.3 Å². The van der Waals surface area contributed by atoms with Crippen LogP contribution in [0.4, 0.5) is 0 Å². The third kappa shape index (κ3) is 1.55. The van der Waals surface area contributed by atoms with Gasteiger partial charge in [-0.15, -0.1) is 0 Å². The molecule has 4 heteroatoms. The van der Waals surface area contributed by atoms with Gasteiger partial charge in [-0.05, 0) is 43.4 Å². The summed E-state index contributed by atoms with van der Waals surface area (Å²) in [5.74, 6) is 1.42. The number of fused-ring (bicyclic) bond motifs is 1. The van der Waals surface area contributed by atoms with Gasteiger partial charge in [0.05, 0.1) is 5.02 Å². The Balaban J connectivity index is 2.02. The topological polar surface area (TPSA) is 44.5 Å². The molecule has 0 amide bonds. The summed E-state index contributed by atoms with van der Waals surface area (Å²) >= 11 is 6.25. The smallest absolute Gasteiger partial charge is 0.231 e. The minimum absolute atomic E-state index is 0.0121. The minimum Gasteiger partial charge on any atom is -0.454 e. The Kier molecular flexibility index (Phi) is 2.10. The molecule has 0 atom stereocenters. The molecule has 0 radical (unpaired) electrons. The zero-order valence-corrected chi connectivity index (χ0v) is 9.93. The lowest BCUT2D eigenvalue weighted by Crippen LogP contribution is -2.24. The summed E-state index contributed by atoms with van der Waals surface area (Å²) < 4.78 is 10.7. The summed E-state index contributed by atoms with van der Waals surface area (Å²) in [4.78, 5) is 0. The van der Waals surface area contributed by atoms with Gasteiger partial charge in [-0.2, -0.15) is 0 Å². The van der Waals surface area contributed by atoms with E-state index in [9.17, 15) is 0 Å². The van der Waals surface area contributed by atoms with Gasteiger partial charge >= 0.3 is 0 Å². The maximum Gasteiger partial charge on any atom is 0.231 e. The highest BCUT2D eigenvalue weighted by Crippen LogP contribution is 2.45. The van der Waals surface area contributed by atoms with Gasteiger partial charge < -0.3 is 15.2 Å². The molecule has 0 aromatic heterocycles. The number of rotatable bonds is 2. The molecule has 1 heterocycles. The van der Waals surface area contributed by atoms with Crippen LogP contribution in [0.2, 0.25) is 5.02 Å². The molecule has 0 bridgehead atoms. The van der Waals surface area contributed by atoms with Crippen molar-refractivity contribution in [3.63, 3.8) is 0 Å². The molecule has 2 N–H and O–H groups in total. The Morgan fingerprint density at radius 1 is 1.44 bits per heavy atom. The summed E-state index contributed by atoms with van der Waals surface area (Å²) in [5, 5.41) is 0.661. The van der Waals surface area contributed by atoms with Gasteiger partial charge in [-0.3, -0.25) is 0 Å². The molecule has 1 aliphatic heterocycles. The third-order valence-electron chi connectivity index (χ3n) is 3.39. The second kappa shape index (κ2) is 3.28. The van der Waals surface area contributed by atoms with Crippen LogP contribution in [-0.2, 0) is 6.42 Å². The van der Waals surface area contributed by atoms with Crippen molar-refractivity contribution in [1.82, 2.24) is 0 Å². The van der Waals surface area contributed by atoms with Crippen molar-refractivity contribution in [2.24, 2.45) is 5.73 Å². The normalized spacial score (nSPS) is 19.9. The molecule has 3 rings (SSSR count). The van der Waals surface area contributed by atoms with Crippen LogP contribution in [0.25, 0.3) is 0 Å². The van der Waals surface area contributed by atoms with Gasteiger partial charge in [0.15, 0.2) is 11.5 Å². The van der Waals surface area contributed by atoms with Gasteiger partial charge in [0, 0.05) is 5.54 Å². The summed E-state index contributed by atoms with van der Waals surface area (Å²) in [6.45, 7) is 2.26. The SMILES string of the molecule is Cc1c(CC2(N)CC2)cc2c(c1Cl)OCO2. The van der Waals surface area contributed by atoms with Gasteiger partial charge in [0.1, 0.15) is 0 Å². The molecule has 3 nitrogen and oxygen atoms in total. The lowest BCUT2D eigenvalue weighted by atomic mass is 9.99. The van der Waals surface area contributed by atoms with Crippen molar-refractivity contribution in [2.45, 2.75) is 31.7 Å². The molecule has 2 aliphatic rings. The molecule has 86 valence electrons. The number of benzene rings is 1. The quantitative estimate of drug-likeness (QED) is 0.862. The van der Waals surface area contributed by atoms with Gasteiger partial charge in [-0.25, -0.2) is 0 Å². The lowest BCUT2D eigenvalue weighted by Gasteiger charge is -2.13. The fourth-order valence-electron chi connectivity index (χ4n) is 2.05. The highest BCUT2D eigenvalue weighted by Gasteiger charge is 2.39. The van der Waals surface area contributed by atoms with Crippen LogP contribution in [-0.4, -0.2) is 12.3 Å². The maximum atomic E-state index is 6.25. The van der Waals surface area contributed by atoms with E-state index in [1.54, 1.807) is 0 Å². The molecule has 1 saturated carbocycles. The summed E-state index contributed by atoms with van der Waals surface area (Å²) in [5.41, 5.74) is 8.35. The molecule has 1 aliphatic carbocycles. The highest BCUT2D eigenvalue weighted by atomic mass is 35.5. The highest BCUT2D eigenvalue weighted by molar-refractivity contribution is 6.33. The van der Waals surface area contributed by atoms with E-state index in [1.807, 2.05) is 13.0 Å². The van der Waals surface area contributed by atoms with Crippen LogP contribution in [0.5, 0.6) is 11.5 Å². The van der Waals surface area contributed by atoms with E-state index < -0.39 is 0 Å². The second-order valence-electron chi connectivity index (χ2n) is 4.75. The van der Waals surface area contributed by atoms with Crippen LogP contribution < -0.4 is 15.2 Å². The third-order valence-corrected chi connectivity index (χ3v) is 3.85. The zero-order chi connectivity index (χ0) is 11.3. The number of ether oxygens (including phenoxy) is 2. The van der Waals surface area contributed by atoms with Crippen LogP contribution >= 0.6 is 11.6 Å². The van der Waals surface area contributed by atoms with Crippen LogP contribution in [0.15, 0.2) is 6.07 Å². The van der Waals surface area contributed by atoms with Gasteiger partial charge in [0.25, 0.3) is 0 Å². The molecule has 0 saturated heterocycles. The number of hydrogen-bond acceptors (Lipinski definition) is 3. The monoisotopic (exact) mass is 239 g/mol. The molecular weight excluding hydrogens is 226 g/mol. The van der Waals surface area contributed by atoms with Crippen molar-refractivity contribution < 1.29 is 9.47 Å². The standard InChI is InChI=1S/C12H14ClNO2/c1-7-8(5-12(14)2-3-12)4-9-11(10(7)13)16-6-15-9/h4H,2-3,5-6,14H2,1H3. The predicted octanol–water partition coefficient (Wildman–Crippen LogP) is 2.41. The van der Waals surface area contributed by atoms with Gasteiger partial charge in [0.2, 0.25) is 6.79 Å². The van der Waals surface area contributed by atoms with Crippen LogP contribution in [0.1, 0.15) is 24.0 Å². The molecule has 1 aromatic rings. The first-order chi connectivity index (χ1) is 7.59. The Morgan fingerprint density at radius 2 is 2.19 bits per heavy atom. The molecule has 1 aromatic carbocycles. The Morgan fingerprint density at radius 3 is 2.88 bits per heavy atom. The van der Waals surface area contributed by atoms with Crippen LogP contribution in [0.3, 0.4) is 0 Å². The predicted molar refractivity (Wildman–Crippen MR) is 62.2 cm³/mol. The van der Waals surface area contributed by atoms with Crippen molar-refractivity contribution in [3.05, 3.63) is 22.2 Å². The Labute approximate surface area is 99.5 Å². The average Bonchev–Trinajstić information content (AvgIpc) is 2.79. The molecule has 16 heavy (non-hydrogen) atoms. The lowest BCUT2D eigenvalue weighted by molar-refractivity contribution is 0.174. The molecule has 1 fully saturated rings. The van der Waals surface area contributed by atoms with Crippen molar-refractivity contribution in [2.75, 3.05) is 6.79 Å². The first-order valence-corrected chi connectivity index (χ1v) is 5.83. The van der Waals surface area contributed by atoms with E-state index in [0.717, 1.165) is 30.6 Å². The van der Waals surface area contributed by atoms with E-state index in [4.69, 9.17) is 26.8 Å². The average molecular weight is 240 g/mol. The molecule has 0 spiro atoms. The largest absolute Gasteiger partial charge is 0.454 e. The number of nitrogens with two attached hydrogens (primary N) is 1. The van der Waals surface area contributed by atoms with Crippen molar-refractivity contribution in [1.29, 1.82) is 0 Å². The summed E-state index contributed by atoms with van der Waals surface area (Å²) in [6, 6.07) is 2.01. The number of hydrogen-bond donors (Lipinski definition) is 1. The fourth-order valence-corrected chi connectivity index (χ4v) is 2.31. The van der Waals surface area contributed by atoms with E-state index in [0.29, 0.717) is 10.8 Å². The number of halogens is 1. The summed E-state index contributed by atoms with van der Waals surface area (Å²) in [7, 11) is 0. The van der Waals surface area contributed by atoms with E-state index in [2.05, 4.69) is 0 Å². The Bertz CT molecular complexity index is 455. The Hall–Kier alpha value is -0.930. The molecular formula is C12H14ClNO2. The van der Waals surface area contributed by atoms with E-state index in [1.165, 1.54) is 5.56 Å².